The van der Waals surface area contributed by atoms with E-state index in [-0.39, 0.29) is 5.91 Å². The minimum absolute atomic E-state index is 0.225. The second-order valence-corrected chi connectivity index (χ2v) is 6.69. The van der Waals surface area contributed by atoms with Crippen molar-refractivity contribution in [2.24, 2.45) is 17.3 Å². The summed E-state index contributed by atoms with van der Waals surface area (Å²) in [6, 6.07) is 0. The highest BCUT2D eigenvalue weighted by molar-refractivity contribution is 5.76. The van der Waals surface area contributed by atoms with E-state index in [1.807, 2.05) is 0 Å². The van der Waals surface area contributed by atoms with E-state index in [0.29, 0.717) is 17.8 Å². The van der Waals surface area contributed by atoms with Crippen LogP contribution in [0.15, 0.2) is 0 Å². The van der Waals surface area contributed by atoms with Crippen LogP contribution >= 0.6 is 0 Å². The van der Waals surface area contributed by atoms with Crippen molar-refractivity contribution in [1.29, 1.82) is 0 Å². The topological polar surface area (TPSA) is 41.1 Å². The van der Waals surface area contributed by atoms with E-state index in [9.17, 15) is 4.79 Å². The summed E-state index contributed by atoms with van der Waals surface area (Å²) in [4.78, 5) is 11.9. The van der Waals surface area contributed by atoms with Crippen molar-refractivity contribution in [3.05, 3.63) is 0 Å². The Balaban J connectivity index is 2.26. The zero-order chi connectivity index (χ0) is 13.6. The van der Waals surface area contributed by atoms with Crippen molar-refractivity contribution in [1.82, 2.24) is 10.6 Å². The zero-order valence-corrected chi connectivity index (χ0v) is 12.5. The van der Waals surface area contributed by atoms with Gasteiger partial charge in [-0.25, -0.2) is 0 Å². The maximum absolute atomic E-state index is 11.9. The Labute approximate surface area is 112 Å². The molecule has 2 unspecified atom stereocenters. The molecule has 3 heteroatoms. The van der Waals surface area contributed by atoms with Crippen LogP contribution in [0.2, 0.25) is 0 Å². The molecule has 1 rings (SSSR count). The third-order valence-electron chi connectivity index (χ3n) is 3.83. The summed E-state index contributed by atoms with van der Waals surface area (Å²) in [5, 5.41) is 6.22. The van der Waals surface area contributed by atoms with Crippen LogP contribution in [0.1, 0.15) is 53.4 Å². The van der Waals surface area contributed by atoms with Gasteiger partial charge in [-0.15, -0.1) is 0 Å². The zero-order valence-electron chi connectivity index (χ0n) is 12.5. The van der Waals surface area contributed by atoms with Crippen LogP contribution in [0, 0.1) is 17.3 Å². The van der Waals surface area contributed by atoms with Crippen LogP contribution in [0.3, 0.4) is 0 Å². The minimum Gasteiger partial charge on any atom is -0.355 e. The summed E-state index contributed by atoms with van der Waals surface area (Å²) in [6.07, 6.45) is 4.41. The molecule has 0 aromatic rings. The predicted octanol–water partition coefficient (Wildman–Crippen LogP) is 2.56. The Morgan fingerprint density at radius 2 is 2.00 bits per heavy atom. The summed E-state index contributed by atoms with van der Waals surface area (Å²) in [5.74, 6) is 1.55. The third kappa shape index (κ3) is 5.85. The quantitative estimate of drug-likeness (QED) is 0.715. The summed E-state index contributed by atoms with van der Waals surface area (Å²) in [5.41, 5.74) is 0.409. The first-order valence-electron chi connectivity index (χ1n) is 7.40. The van der Waals surface area contributed by atoms with Gasteiger partial charge in [-0.2, -0.15) is 0 Å². The summed E-state index contributed by atoms with van der Waals surface area (Å²) in [7, 11) is 0. The molecule has 2 N–H and O–H groups in total. The molecule has 3 nitrogen and oxygen atoms in total. The lowest BCUT2D eigenvalue weighted by molar-refractivity contribution is -0.122. The molecular weight excluding hydrogens is 224 g/mol. The lowest BCUT2D eigenvalue weighted by atomic mass is 9.67. The van der Waals surface area contributed by atoms with E-state index in [4.69, 9.17) is 0 Å². The molecule has 2 atom stereocenters. The first-order chi connectivity index (χ1) is 8.43. The molecule has 0 heterocycles. The van der Waals surface area contributed by atoms with Gasteiger partial charge in [0.2, 0.25) is 5.91 Å². The van der Waals surface area contributed by atoms with Crippen LogP contribution in [-0.2, 0) is 4.79 Å². The standard InChI is InChI=1S/C15H30N2O/c1-5-16-6-7-17-14(18)9-13-8-12(2)10-15(3,4)11-13/h12-13,16H,5-11H2,1-4H3,(H,17,18). The van der Waals surface area contributed by atoms with Gasteiger partial charge < -0.3 is 10.6 Å². The Kier molecular flexibility index (Phi) is 6.13. The van der Waals surface area contributed by atoms with Crippen LogP contribution in [0.5, 0.6) is 0 Å². The average molecular weight is 254 g/mol. The Bertz CT molecular complexity index is 263. The van der Waals surface area contributed by atoms with E-state index < -0.39 is 0 Å². The second-order valence-electron chi connectivity index (χ2n) is 6.69. The normalized spacial score (nSPS) is 26.9. The monoisotopic (exact) mass is 254 g/mol. The summed E-state index contributed by atoms with van der Waals surface area (Å²) < 4.78 is 0. The number of carbonyl (C=O) groups excluding carboxylic acids is 1. The van der Waals surface area contributed by atoms with Gasteiger partial charge in [0.25, 0.3) is 0 Å². The molecule has 1 aliphatic rings. The van der Waals surface area contributed by atoms with Gasteiger partial charge in [0.1, 0.15) is 0 Å². The van der Waals surface area contributed by atoms with Crippen LogP contribution in [-0.4, -0.2) is 25.5 Å². The van der Waals surface area contributed by atoms with Crippen LogP contribution in [0.25, 0.3) is 0 Å². The van der Waals surface area contributed by atoms with Crippen molar-refractivity contribution in [2.75, 3.05) is 19.6 Å². The maximum Gasteiger partial charge on any atom is 0.220 e. The fourth-order valence-corrected chi connectivity index (χ4v) is 3.50. The van der Waals surface area contributed by atoms with Crippen molar-refractivity contribution in [3.63, 3.8) is 0 Å². The summed E-state index contributed by atoms with van der Waals surface area (Å²) >= 11 is 0. The van der Waals surface area contributed by atoms with Crippen molar-refractivity contribution >= 4 is 5.91 Å². The van der Waals surface area contributed by atoms with Crippen molar-refractivity contribution in [3.8, 4) is 0 Å². The number of hydrogen-bond donors (Lipinski definition) is 2. The molecule has 0 spiro atoms. The summed E-state index contributed by atoms with van der Waals surface area (Å²) in [6.45, 7) is 11.6. The number of likely N-dealkylation sites (N-methyl/N-ethyl adjacent to an activating group) is 1. The van der Waals surface area contributed by atoms with Crippen molar-refractivity contribution < 1.29 is 4.79 Å². The first-order valence-corrected chi connectivity index (χ1v) is 7.40. The maximum atomic E-state index is 11.9. The highest BCUT2D eigenvalue weighted by Crippen LogP contribution is 2.42. The highest BCUT2D eigenvalue weighted by atomic mass is 16.1. The van der Waals surface area contributed by atoms with E-state index in [2.05, 4.69) is 38.3 Å². The van der Waals surface area contributed by atoms with Gasteiger partial charge >= 0.3 is 0 Å². The Hall–Kier alpha value is -0.570. The molecule has 0 aromatic heterocycles. The van der Waals surface area contributed by atoms with E-state index in [0.717, 1.165) is 25.6 Å². The molecule has 0 aromatic carbocycles. The molecule has 0 saturated heterocycles. The third-order valence-corrected chi connectivity index (χ3v) is 3.83. The fraction of sp³-hybridized carbons (Fsp3) is 0.933. The molecule has 1 amide bonds. The van der Waals surface area contributed by atoms with Gasteiger partial charge in [-0.05, 0) is 43.1 Å². The number of hydrogen-bond acceptors (Lipinski definition) is 2. The van der Waals surface area contributed by atoms with Gasteiger partial charge in [-0.3, -0.25) is 4.79 Å². The SMILES string of the molecule is CCNCCNC(=O)CC1CC(C)CC(C)(C)C1. The van der Waals surface area contributed by atoms with Crippen LogP contribution < -0.4 is 10.6 Å². The van der Waals surface area contributed by atoms with Crippen molar-refractivity contribution in [2.45, 2.75) is 53.4 Å². The molecule has 1 fully saturated rings. The largest absolute Gasteiger partial charge is 0.355 e. The first kappa shape index (κ1) is 15.5. The van der Waals surface area contributed by atoms with Gasteiger partial charge in [0.05, 0.1) is 0 Å². The Morgan fingerprint density at radius 3 is 2.61 bits per heavy atom. The Morgan fingerprint density at radius 1 is 1.28 bits per heavy atom. The van der Waals surface area contributed by atoms with E-state index in [1.54, 1.807) is 0 Å². The number of carbonyl (C=O) groups is 1. The van der Waals surface area contributed by atoms with E-state index in [1.165, 1.54) is 19.3 Å². The average Bonchev–Trinajstić information content (AvgIpc) is 2.21. The molecule has 1 aliphatic carbocycles. The second kappa shape index (κ2) is 7.13. The van der Waals surface area contributed by atoms with E-state index >= 15 is 0 Å². The number of amides is 1. The lowest BCUT2D eigenvalue weighted by Gasteiger charge is -2.38. The minimum atomic E-state index is 0.225. The molecule has 18 heavy (non-hydrogen) atoms. The number of nitrogens with one attached hydrogen (secondary N) is 2. The number of rotatable bonds is 6. The molecule has 106 valence electrons. The lowest BCUT2D eigenvalue weighted by Crippen LogP contribution is -2.35. The molecule has 0 bridgehead atoms. The predicted molar refractivity (Wildman–Crippen MR) is 76.5 cm³/mol. The fourth-order valence-electron chi connectivity index (χ4n) is 3.50. The molecular formula is C15H30N2O. The molecule has 0 radical (unpaired) electrons. The van der Waals surface area contributed by atoms with Gasteiger partial charge in [-0.1, -0.05) is 27.7 Å². The smallest absolute Gasteiger partial charge is 0.220 e. The van der Waals surface area contributed by atoms with Gasteiger partial charge in [0.15, 0.2) is 0 Å². The molecule has 0 aliphatic heterocycles. The van der Waals surface area contributed by atoms with Gasteiger partial charge in [0, 0.05) is 19.5 Å². The van der Waals surface area contributed by atoms with Crippen LogP contribution in [0.4, 0.5) is 0 Å². The molecule has 1 saturated carbocycles. The highest BCUT2D eigenvalue weighted by Gasteiger charge is 2.32.